The Bertz CT molecular complexity index is 1060. The maximum Gasteiger partial charge on any atom is 0.251 e. The van der Waals surface area contributed by atoms with Crippen LogP contribution in [-0.2, 0) is 16.0 Å². The molecular weight excluding hydrogens is 438 g/mol. The number of halogens is 1. The molecule has 1 atom stereocenters. The summed E-state index contributed by atoms with van der Waals surface area (Å²) < 4.78 is 0. The molecule has 1 fully saturated rings. The molecule has 0 aromatic heterocycles. The fourth-order valence-electron chi connectivity index (χ4n) is 4.93. The quantitative estimate of drug-likeness (QED) is 0.627. The van der Waals surface area contributed by atoms with Crippen LogP contribution in [0.25, 0.3) is 0 Å². The van der Waals surface area contributed by atoms with Crippen LogP contribution in [-0.4, -0.2) is 41.5 Å². The largest absolute Gasteiger partial charge is 0.507 e. The van der Waals surface area contributed by atoms with Gasteiger partial charge in [-0.1, -0.05) is 13.0 Å². The van der Waals surface area contributed by atoms with Gasteiger partial charge in [0.2, 0.25) is 5.91 Å². The first-order chi connectivity index (χ1) is 15.3. The molecule has 0 spiro atoms. The highest BCUT2D eigenvalue weighted by molar-refractivity contribution is 5.99. The molecule has 4 rings (SSSR count). The molecule has 1 saturated heterocycles. The number of nitrogens with zero attached hydrogens (tertiary/aromatic N) is 2. The molecule has 7 heteroatoms. The second-order valence-corrected chi connectivity index (χ2v) is 9.00. The first kappa shape index (κ1) is 24.9. The SMILES string of the molecule is CCC(=O)N1CCc2ccc(N3CCCC3)cc2C1C(=O)Nc1cc(C)c(O)c(C)c1C.Cl. The lowest BCUT2D eigenvalue weighted by atomic mass is 9.90. The number of carbonyl (C=O) groups excluding carboxylic acids is 2. The van der Waals surface area contributed by atoms with E-state index < -0.39 is 6.04 Å². The molecule has 1 unspecified atom stereocenters. The maximum atomic E-state index is 13.7. The summed E-state index contributed by atoms with van der Waals surface area (Å²) in [6.07, 6.45) is 3.48. The van der Waals surface area contributed by atoms with Gasteiger partial charge in [0, 0.05) is 37.4 Å². The number of phenolic OH excluding ortho intramolecular Hbond substituents is 1. The van der Waals surface area contributed by atoms with Gasteiger partial charge in [0.15, 0.2) is 0 Å². The number of amides is 2. The molecule has 2 heterocycles. The summed E-state index contributed by atoms with van der Waals surface area (Å²) >= 11 is 0. The lowest BCUT2D eigenvalue weighted by molar-refractivity contribution is -0.139. The summed E-state index contributed by atoms with van der Waals surface area (Å²) in [5.41, 5.74) is 6.14. The van der Waals surface area contributed by atoms with Crippen molar-refractivity contribution in [1.82, 2.24) is 4.90 Å². The van der Waals surface area contributed by atoms with Crippen LogP contribution in [0.1, 0.15) is 60.0 Å². The van der Waals surface area contributed by atoms with Crippen LogP contribution in [0.3, 0.4) is 0 Å². The van der Waals surface area contributed by atoms with E-state index in [1.54, 1.807) is 11.0 Å². The standard InChI is InChI=1S/C26H33N3O3.ClH/c1-5-23(30)29-13-10-19-8-9-20(28-11-6-7-12-28)15-21(19)24(29)26(32)27-22-14-16(2)25(31)18(4)17(22)3;/h8-9,14-15,24,31H,5-7,10-13H2,1-4H3,(H,27,32);1H. The minimum absolute atomic E-state index is 0. The van der Waals surface area contributed by atoms with Crippen molar-refractivity contribution in [2.75, 3.05) is 29.9 Å². The number of benzene rings is 2. The second-order valence-electron chi connectivity index (χ2n) is 9.00. The van der Waals surface area contributed by atoms with Crippen molar-refractivity contribution in [3.63, 3.8) is 0 Å². The number of nitrogens with one attached hydrogen (secondary N) is 1. The molecule has 0 radical (unpaired) electrons. The molecule has 0 bridgehead atoms. The molecule has 2 aliphatic rings. The van der Waals surface area contributed by atoms with Crippen molar-refractivity contribution in [3.05, 3.63) is 52.1 Å². The van der Waals surface area contributed by atoms with Crippen LogP contribution < -0.4 is 10.2 Å². The highest BCUT2D eigenvalue weighted by Crippen LogP contribution is 2.36. The van der Waals surface area contributed by atoms with Crippen molar-refractivity contribution in [1.29, 1.82) is 0 Å². The van der Waals surface area contributed by atoms with Crippen LogP contribution >= 0.6 is 12.4 Å². The van der Waals surface area contributed by atoms with Gasteiger partial charge in [0.25, 0.3) is 5.91 Å². The minimum Gasteiger partial charge on any atom is -0.507 e. The van der Waals surface area contributed by atoms with Crippen molar-refractivity contribution in [2.45, 2.75) is 59.4 Å². The third-order valence-electron chi connectivity index (χ3n) is 7.01. The summed E-state index contributed by atoms with van der Waals surface area (Å²) in [6.45, 7) is 9.98. The van der Waals surface area contributed by atoms with Crippen molar-refractivity contribution in [3.8, 4) is 5.75 Å². The summed E-state index contributed by atoms with van der Waals surface area (Å²) in [5, 5.41) is 13.3. The monoisotopic (exact) mass is 471 g/mol. The van der Waals surface area contributed by atoms with Crippen molar-refractivity contribution < 1.29 is 14.7 Å². The molecule has 33 heavy (non-hydrogen) atoms. The van der Waals surface area contributed by atoms with Gasteiger partial charge in [-0.25, -0.2) is 0 Å². The summed E-state index contributed by atoms with van der Waals surface area (Å²) in [7, 11) is 0. The number of phenols is 1. The molecule has 2 N–H and O–H groups in total. The normalized spacial score (nSPS) is 17.4. The second kappa shape index (κ2) is 10.0. The number of rotatable bonds is 4. The molecule has 0 aliphatic carbocycles. The third kappa shape index (κ3) is 4.67. The van der Waals surface area contributed by atoms with E-state index in [2.05, 4.69) is 28.4 Å². The Hall–Kier alpha value is -2.73. The van der Waals surface area contributed by atoms with E-state index in [0.29, 0.717) is 24.2 Å². The fourth-order valence-corrected chi connectivity index (χ4v) is 4.93. The average molecular weight is 472 g/mol. The molecule has 2 amide bonds. The third-order valence-corrected chi connectivity index (χ3v) is 7.01. The van der Waals surface area contributed by atoms with Gasteiger partial charge in [0.1, 0.15) is 11.8 Å². The molecule has 178 valence electrons. The maximum absolute atomic E-state index is 13.7. The van der Waals surface area contributed by atoms with Crippen molar-refractivity contribution >= 4 is 35.6 Å². The first-order valence-corrected chi connectivity index (χ1v) is 11.6. The van der Waals surface area contributed by atoms with E-state index in [0.717, 1.165) is 47.5 Å². The Balaban J connectivity index is 0.00000306. The number of hydrogen-bond donors (Lipinski definition) is 2. The zero-order chi connectivity index (χ0) is 23.0. The number of fused-ring (bicyclic) bond motifs is 1. The highest BCUT2D eigenvalue weighted by atomic mass is 35.5. The summed E-state index contributed by atoms with van der Waals surface area (Å²) in [6, 6.07) is 7.51. The molecule has 6 nitrogen and oxygen atoms in total. The number of aromatic hydroxyl groups is 1. The Morgan fingerprint density at radius 3 is 2.42 bits per heavy atom. The first-order valence-electron chi connectivity index (χ1n) is 11.6. The molecule has 2 aromatic carbocycles. The van der Waals surface area contributed by atoms with Crippen LogP contribution in [0.15, 0.2) is 24.3 Å². The van der Waals surface area contributed by atoms with Crippen LogP contribution in [0, 0.1) is 20.8 Å². The van der Waals surface area contributed by atoms with Crippen LogP contribution in [0.5, 0.6) is 5.75 Å². The zero-order valence-electron chi connectivity index (χ0n) is 19.9. The Morgan fingerprint density at radius 2 is 1.76 bits per heavy atom. The fraction of sp³-hybridized carbons (Fsp3) is 0.462. The van der Waals surface area contributed by atoms with Gasteiger partial charge < -0.3 is 20.2 Å². The lowest BCUT2D eigenvalue weighted by Gasteiger charge is -2.37. The summed E-state index contributed by atoms with van der Waals surface area (Å²) in [5.74, 6) is 0.0256. The highest BCUT2D eigenvalue weighted by Gasteiger charge is 2.36. The average Bonchev–Trinajstić information content (AvgIpc) is 3.34. The van der Waals surface area contributed by atoms with Gasteiger partial charge in [-0.3, -0.25) is 9.59 Å². The van der Waals surface area contributed by atoms with Crippen LogP contribution in [0.4, 0.5) is 11.4 Å². The van der Waals surface area contributed by atoms with Crippen LogP contribution in [0.2, 0.25) is 0 Å². The number of hydrogen-bond acceptors (Lipinski definition) is 4. The van der Waals surface area contributed by atoms with E-state index in [1.807, 2.05) is 27.7 Å². The lowest BCUT2D eigenvalue weighted by Crippen LogP contribution is -2.45. The molecule has 2 aliphatic heterocycles. The number of carbonyl (C=O) groups is 2. The van der Waals surface area contributed by atoms with Crippen molar-refractivity contribution in [2.24, 2.45) is 0 Å². The predicted octanol–water partition coefficient (Wildman–Crippen LogP) is 4.81. The van der Waals surface area contributed by atoms with Gasteiger partial charge in [0.05, 0.1) is 0 Å². The minimum atomic E-state index is -0.664. The van der Waals surface area contributed by atoms with Gasteiger partial charge in [-0.05, 0) is 86.1 Å². The van der Waals surface area contributed by atoms with E-state index in [9.17, 15) is 14.7 Å². The summed E-state index contributed by atoms with van der Waals surface area (Å²) in [4.78, 5) is 30.6. The number of aryl methyl sites for hydroxylation is 1. The topological polar surface area (TPSA) is 72.9 Å². The van der Waals surface area contributed by atoms with E-state index >= 15 is 0 Å². The molecular formula is C26H34ClN3O3. The van der Waals surface area contributed by atoms with Gasteiger partial charge in [-0.2, -0.15) is 0 Å². The van der Waals surface area contributed by atoms with E-state index in [4.69, 9.17) is 0 Å². The van der Waals surface area contributed by atoms with E-state index in [1.165, 1.54) is 12.8 Å². The Morgan fingerprint density at radius 1 is 1.06 bits per heavy atom. The molecule has 2 aromatic rings. The zero-order valence-corrected chi connectivity index (χ0v) is 20.7. The Labute approximate surface area is 202 Å². The van der Waals surface area contributed by atoms with Gasteiger partial charge >= 0.3 is 0 Å². The van der Waals surface area contributed by atoms with E-state index in [-0.39, 0.29) is 30.0 Å². The number of anilines is 2. The van der Waals surface area contributed by atoms with Gasteiger partial charge in [-0.15, -0.1) is 12.4 Å². The Kier molecular flexibility index (Phi) is 7.58. The smallest absolute Gasteiger partial charge is 0.251 e. The molecule has 0 saturated carbocycles. The predicted molar refractivity (Wildman–Crippen MR) is 135 cm³/mol.